The maximum absolute atomic E-state index is 13.1. The molecule has 0 spiro atoms. The van der Waals surface area contributed by atoms with Gasteiger partial charge < -0.3 is 24.9 Å². The molecule has 0 aliphatic carbocycles. The molecule has 0 fully saturated rings. The van der Waals surface area contributed by atoms with Crippen molar-refractivity contribution < 1.29 is 37.9 Å². The van der Waals surface area contributed by atoms with Crippen LogP contribution in [0.2, 0.25) is 5.02 Å². The number of aryl methyl sites for hydroxylation is 1. The second-order valence-electron chi connectivity index (χ2n) is 7.66. The summed E-state index contributed by atoms with van der Waals surface area (Å²) in [6.45, 7) is 5.35. The summed E-state index contributed by atoms with van der Waals surface area (Å²) in [6, 6.07) is 13.2. The Bertz CT molecular complexity index is 1260. The average Bonchev–Trinajstić information content (AvgIpc) is 3.10. The number of halogens is 4. The van der Waals surface area contributed by atoms with E-state index in [1.807, 2.05) is 56.3 Å². The van der Waals surface area contributed by atoms with E-state index in [4.69, 9.17) is 26.2 Å². The predicted molar refractivity (Wildman–Crippen MR) is 120 cm³/mol. The fourth-order valence-electron chi connectivity index (χ4n) is 3.38. The number of carbonyl (C=O) groups is 2. The molecule has 3 aromatic rings. The molecule has 0 saturated heterocycles. The molecule has 1 amide bonds. The van der Waals surface area contributed by atoms with Crippen LogP contribution in [0.3, 0.4) is 0 Å². The summed E-state index contributed by atoms with van der Waals surface area (Å²) in [6.07, 6.45) is -5.19. The SMILES string of the molecule is Cc1nn(-c2cccc(C(=O)N(C)c3ccc4c(c3)[NH2+]CCO4)c2)c(C)c1Cl.O=C([O-])C(F)(F)F. The van der Waals surface area contributed by atoms with Gasteiger partial charge in [-0.3, -0.25) is 4.79 Å². The van der Waals surface area contributed by atoms with Crippen molar-refractivity contribution in [3.05, 3.63) is 64.4 Å². The Hall–Kier alpha value is -3.57. The molecule has 186 valence electrons. The number of benzene rings is 2. The van der Waals surface area contributed by atoms with E-state index in [2.05, 4.69) is 10.4 Å². The van der Waals surface area contributed by atoms with Crippen molar-refractivity contribution in [1.29, 1.82) is 0 Å². The highest BCUT2D eigenvalue weighted by Gasteiger charge is 2.28. The molecule has 0 radical (unpaired) electrons. The highest BCUT2D eigenvalue weighted by molar-refractivity contribution is 6.31. The molecule has 0 unspecified atom stereocenters. The molecule has 1 aromatic heterocycles. The van der Waals surface area contributed by atoms with Crippen LogP contribution in [-0.4, -0.2) is 48.0 Å². The molecule has 2 N–H and O–H groups in total. The molecule has 2 aromatic carbocycles. The van der Waals surface area contributed by atoms with Crippen molar-refractivity contribution in [2.75, 3.05) is 25.1 Å². The summed E-state index contributed by atoms with van der Waals surface area (Å²) in [5.74, 6) is -2.24. The lowest BCUT2D eigenvalue weighted by Gasteiger charge is -2.21. The maximum Gasteiger partial charge on any atom is 0.430 e. The van der Waals surface area contributed by atoms with E-state index in [0.29, 0.717) is 17.2 Å². The van der Waals surface area contributed by atoms with Crippen LogP contribution in [0.15, 0.2) is 42.5 Å². The van der Waals surface area contributed by atoms with E-state index in [9.17, 15) is 18.0 Å². The van der Waals surface area contributed by atoms with Crippen molar-refractivity contribution in [3.63, 3.8) is 0 Å². The lowest BCUT2D eigenvalue weighted by atomic mass is 10.1. The Labute approximate surface area is 203 Å². The number of aromatic nitrogens is 2. The summed E-state index contributed by atoms with van der Waals surface area (Å²) in [7, 11) is 1.78. The summed E-state index contributed by atoms with van der Waals surface area (Å²) in [4.78, 5) is 23.5. The number of carbonyl (C=O) groups excluding carboxylic acids is 2. The molecule has 0 bridgehead atoms. The first-order chi connectivity index (χ1) is 16.4. The van der Waals surface area contributed by atoms with E-state index in [-0.39, 0.29) is 5.91 Å². The average molecular weight is 511 g/mol. The van der Waals surface area contributed by atoms with Crippen molar-refractivity contribution in [1.82, 2.24) is 9.78 Å². The Morgan fingerprint density at radius 2 is 1.89 bits per heavy atom. The number of rotatable bonds is 3. The Balaban J connectivity index is 0.000000429. The zero-order chi connectivity index (χ0) is 25.9. The summed E-state index contributed by atoms with van der Waals surface area (Å²) < 4.78 is 38.9. The van der Waals surface area contributed by atoms with Crippen LogP contribution in [-0.2, 0) is 4.79 Å². The zero-order valence-corrected chi connectivity index (χ0v) is 19.8. The molecule has 8 nitrogen and oxygen atoms in total. The van der Waals surface area contributed by atoms with Gasteiger partial charge in [-0.2, -0.15) is 18.3 Å². The number of anilines is 1. The number of ether oxygens (including phenoxy) is 1. The zero-order valence-electron chi connectivity index (χ0n) is 19.0. The van der Waals surface area contributed by atoms with Crippen LogP contribution in [0.4, 0.5) is 24.5 Å². The first-order valence-corrected chi connectivity index (χ1v) is 10.8. The van der Waals surface area contributed by atoms with E-state index in [0.717, 1.165) is 40.7 Å². The molecule has 0 atom stereocenters. The summed E-state index contributed by atoms with van der Waals surface area (Å²) >= 11 is 6.27. The summed E-state index contributed by atoms with van der Waals surface area (Å²) in [5, 5.41) is 16.0. The van der Waals surface area contributed by atoms with Gasteiger partial charge >= 0.3 is 6.18 Å². The van der Waals surface area contributed by atoms with Crippen LogP contribution in [0.1, 0.15) is 21.7 Å². The number of carboxylic acid groups (broad SMARTS) is 1. The number of nitrogens with zero attached hydrogens (tertiary/aromatic N) is 3. The van der Waals surface area contributed by atoms with Crippen LogP contribution < -0.4 is 20.1 Å². The minimum Gasteiger partial charge on any atom is -0.542 e. The van der Waals surface area contributed by atoms with Gasteiger partial charge in [-0.15, -0.1) is 0 Å². The molecule has 2 heterocycles. The summed E-state index contributed by atoms with van der Waals surface area (Å²) in [5.41, 5.74) is 4.85. The topological polar surface area (TPSA) is 104 Å². The number of alkyl halides is 3. The Morgan fingerprint density at radius 3 is 2.49 bits per heavy atom. The molecular weight excluding hydrogens is 489 g/mol. The van der Waals surface area contributed by atoms with Gasteiger partial charge in [0.15, 0.2) is 11.4 Å². The van der Waals surface area contributed by atoms with Crippen molar-refractivity contribution in [2.24, 2.45) is 0 Å². The minimum absolute atomic E-state index is 0.0915. The minimum atomic E-state index is -5.19. The molecule has 12 heteroatoms. The van der Waals surface area contributed by atoms with Crippen molar-refractivity contribution >= 4 is 34.9 Å². The predicted octanol–water partition coefficient (Wildman–Crippen LogP) is 2.31. The van der Waals surface area contributed by atoms with Gasteiger partial charge in [-0.1, -0.05) is 17.7 Å². The Kier molecular flexibility index (Phi) is 7.71. The molecule has 4 rings (SSSR count). The number of aliphatic carboxylic acids is 1. The third-order valence-electron chi connectivity index (χ3n) is 5.20. The lowest BCUT2D eigenvalue weighted by Crippen LogP contribution is -2.80. The highest BCUT2D eigenvalue weighted by atomic mass is 35.5. The number of fused-ring (bicyclic) bond motifs is 1. The second-order valence-corrected chi connectivity index (χ2v) is 8.04. The van der Waals surface area contributed by atoms with Crippen molar-refractivity contribution in [3.8, 4) is 11.4 Å². The van der Waals surface area contributed by atoms with E-state index in [1.165, 1.54) is 0 Å². The van der Waals surface area contributed by atoms with E-state index >= 15 is 0 Å². The van der Waals surface area contributed by atoms with Crippen LogP contribution in [0.5, 0.6) is 5.75 Å². The smallest absolute Gasteiger partial charge is 0.430 e. The van der Waals surface area contributed by atoms with E-state index < -0.39 is 12.1 Å². The van der Waals surface area contributed by atoms with Gasteiger partial charge in [0.2, 0.25) is 0 Å². The molecule has 0 saturated carbocycles. The van der Waals surface area contributed by atoms with Gasteiger partial charge in [0.05, 0.1) is 22.1 Å². The number of nitrogens with two attached hydrogens (primary N) is 1. The van der Waals surface area contributed by atoms with Crippen LogP contribution in [0, 0.1) is 13.8 Å². The number of hydrogen-bond acceptors (Lipinski definition) is 5. The van der Waals surface area contributed by atoms with Gasteiger partial charge in [0.1, 0.15) is 19.1 Å². The fourth-order valence-corrected chi connectivity index (χ4v) is 3.49. The number of amides is 1. The van der Waals surface area contributed by atoms with Crippen LogP contribution in [0.25, 0.3) is 5.69 Å². The van der Waals surface area contributed by atoms with E-state index in [1.54, 1.807) is 16.6 Å². The largest absolute Gasteiger partial charge is 0.542 e. The van der Waals surface area contributed by atoms with Gasteiger partial charge in [-0.05, 0) is 44.2 Å². The standard InChI is InChI=1S/C21H21ClN4O2.C2HF3O2/c1-13-20(22)14(2)26(24-13)17-6-4-5-15(11-17)21(27)25(3)16-7-8-19-18(12-16)23-9-10-28-19;3-2(4,5)1(6)7/h4-8,11-12,23H,9-10H2,1-3H3;(H,6,7). The quantitative estimate of drug-likeness (QED) is 0.545. The fraction of sp³-hybridized carbons (Fsp3) is 0.261. The monoisotopic (exact) mass is 510 g/mol. The molecule has 1 aliphatic heterocycles. The first-order valence-electron chi connectivity index (χ1n) is 10.4. The second kappa shape index (κ2) is 10.4. The van der Waals surface area contributed by atoms with Crippen molar-refractivity contribution in [2.45, 2.75) is 20.0 Å². The van der Waals surface area contributed by atoms with Gasteiger partial charge in [0.25, 0.3) is 5.91 Å². The molecule has 1 aliphatic rings. The highest BCUT2D eigenvalue weighted by Crippen LogP contribution is 2.28. The van der Waals surface area contributed by atoms with Gasteiger partial charge in [0, 0.05) is 24.4 Å². The molecular formula is C23H22ClF3N4O4. The maximum atomic E-state index is 13.1. The van der Waals surface area contributed by atoms with Gasteiger partial charge in [-0.25, -0.2) is 4.68 Å². The third-order valence-corrected chi connectivity index (χ3v) is 5.74. The third kappa shape index (κ3) is 5.92. The number of quaternary nitrogens is 1. The van der Waals surface area contributed by atoms with Crippen LogP contribution >= 0.6 is 11.6 Å². The molecule has 35 heavy (non-hydrogen) atoms. The normalized spacial score (nSPS) is 12.7. The lowest BCUT2D eigenvalue weighted by molar-refractivity contribution is -0.579. The first kappa shape index (κ1) is 26.0. The Morgan fingerprint density at radius 1 is 1.20 bits per heavy atom. The number of hydrogen-bond donors (Lipinski definition) is 1. The number of carboxylic acids is 1.